The predicted octanol–water partition coefficient (Wildman–Crippen LogP) is 3.40. The van der Waals surface area contributed by atoms with Gasteiger partial charge in [0.1, 0.15) is 24.5 Å². The first-order valence-electron chi connectivity index (χ1n) is 8.50. The smallest absolute Gasteiger partial charge is 0.254 e. The molecule has 0 amide bonds. The zero-order valence-electron chi connectivity index (χ0n) is 14.2. The van der Waals surface area contributed by atoms with Crippen LogP contribution in [0.25, 0.3) is 17.0 Å². The molecule has 0 fully saturated rings. The van der Waals surface area contributed by atoms with Gasteiger partial charge >= 0.3 is 0 Å². The van der Waals surface area contributed by atoms with Crippen LogP contribution in [0.2, 0.25) is 0 Å². The Morgan fingerprint density at radius 1 is 1.12 bits per heavy atom. The average molecular weight is 349 g/mol. The first-order valence-corrected chi connectivity index (χ1v) is 8.50. The monoisotopic (exact) mass is 349 g/mol. The van der Waals surface area contributed by atoms with Crippen LogP contribution in [0.3, 0.4) is 0 Å². The molecular weight excluding hydrogens is 330 g/mol. The van der Waals surface area contributed by atoms with E-state index in [-0.39, 0.29) is 0 Å². The SMILES string of the molecule is c1ccc(-c2cc(NCCCOCc3ccco3)n3ncnc3n2)cc1. The molecule has 132 valence electrons. The van der Waals surface area contributed by atoms with Crippen molar-refractivity contribution in [3.05, 3.63) is 66.9 Å². The minimum absolute atomic E-state index is 0.494. The number of ether oxygens (including phenoxy) is 1. The molecule has 3 heterocycles. The number of benzene rings is 1. The summed E-state index contributed by atoms with van der Waals surface area (Å²) in [6.45, 7) is 1.89. The van der Waals surface area contributed by atoms with Gasteiger partial charge in [0.05, 0.1) is 12.0 Å². The number of aromatic nitrogens is 4. The highest BCUT2D eigenvalue weighted by molar-refractivity contribution is 5.65. The van der Waals surface area contributed by atoms with E-state index in [0.29, 0.717) is 19.0 Å². The maximum atomic E-state index is 5.60. The Labute approximate surface area is 150 Å². The van der Waals surface area contributed by atoms with Gasteiger partial charge in [0.2, 0.25) is 0 Å². The van der Waals surface area contributed by atoms with Crippen molar-refractivity contribution in [3.8, 4) is 11.3 Å². The van der Waals surface area contributed by atoms with Crippen LogP contribution < -0.4 is 5.32 Å². The molecule has 0 aliphatic heterocycles. The zero-order chi connectivity index (χ0) is 17.6. The fourth-order valence-corrected chi connectivity index (χ4v) is 2.65. The number of rotatable bonds is 8. The van der Waals surface area contributed by atoms with Gasteiger partial charge in [-0.15, -0.1) is 0 Å². The third-order valence-electron chi connectivity index (χ3n) is 3.92. The van der Waals surface area contributed by atoms with Gasteiger partial charge in [-0.1, -0.05) is 30.3 Å². The van der Waals surface area contributed by atoms with Crippen LogP contribution in [0.5, 0.6) is 0 Å². The van der Waals surface area contributed by atoms with Gasteiger partial charge in [-0.2, -0.15) is 14.6 Å². The Morgan fingerprint density at radius 3 is 2.88 bits per heavy atom. The molecule has 0 aliphatic carbocycles. The molecule has 3 aromatic heterocycles. The predicted molar refractivity (Wildman–Crippen MR) is 97.7 cm³/mol. The van der Waals surface area contributed by atoms with Gasteiger partial charge in [0, 0.05) is 24.8 Å². The number of nitrogens with one attached hydrogen (secondary N) is 1. The van der Waals surface area contributed by atoms with E-state index < -0.39 is 0 Å². The highest BCUT2D eigenvalue weighted by Gasteiger charge is 2.08. The molecule has 1 aromatic carbocycles. The zero-order valence-corrected chi connectivity index (χ0v) is 14.2. The number of hydrogen-bond donors (Lipinski definition) is 1. The molecule has 0 radical (unpaired) electrons. The van der Waals surface area contributed by atoms with Crippen LogP contribution in [0.15, 0.2) is 65.5 Å². The largest absolute Gasteiger partial charge is 0.467 e. The Bertz CT molecular complexity index is 951. The van der Waals surface area contributed by atoms with E-state index in [9.17, 15) is 0 Å². The summed E-state index contributed by atoms with van der Waals surface area (Å²) in [6, 6.07) is 15.8. The molecule has 0 saturated heterocycles. The molecule has 26 heavy (non-hydrogen) atoms. The van der Waals surface area contributed by atoms with Crippen LogP contribution in [0.4, 0.5) is 5.82 Å². The second kappa shape index (κ2) is 7.79. The topological polar surface area (TPSA) is 77.5 Å². The quantitative estimate of drug-likeness (QED) is 0.491. The third kappa shape index (κ3) is 3.73. The van der Waals surface area contributed by atoms with E-state index in [1.54, 1.807) is 10.8 Å². The number of hydrogen-bond acceptors (Lipinski definition) is 6. The number of nitrogens with zero attached hydrogens (tertiary/aromatic N) is 4. The summed E-state index contributed by atoms with van der Waals surface area (Å²) >= 11 is 0. The third-order valence-corrected chi connectivity index (χ3v) is 3.92. The Morgan fingerprint density at radius 2 is 2.04 bits per heavy atom. The van der Waals surface area contributed by atoms with Crippen molar-refractivity contribution in [1.82, 2.24) is 19.6 Å². The molecule has 0 saturated carbocycles. The van der Waals surface area contributed by atoms with Crippen molar-refractivity contribution in [3.63, 3.8) is 0 Å². The number of anilines is 1. The van der Waals surface area contributed by atoms with E-state index in [1.807, 2.05) is 48.5 Å². The second-order valence-electron chi connectivity index (χ2n) is 5.78. The van der Waals surface area contributed by atoms with Crippen LogP contribution in [-0.4, -0.2) is 32.7 Å². The summed E-state index contributed by atoms with van der Waals surface area (Å²) in [5.41, 5.74) is 1.91. The maximum absolute atomic E-state index is 5.60. The lowest BCUT2D eigenvalue weighted by Gasteiger charge is -2.10. The van der Waals surface area contributed by atoms with Crippen molar-refractivity contribution in [1.29, 1.82) is 0 Å². The molecule has 4 rings (SSSR count). The van der Waals surface area contributed by atoms with E-state index in [2.05, 4.69) is 20.4 Å². The van der Waals surface area contributed by atoms with Crippen molar-refractivity contribution in [2.24, 2.45) is 0 Å². The lowest BCUT2D eigenvalue weighted by atomic mass is 10.1. The normalized spacial score (nSPS) is 11.1. The van der Waals surface area contributed by atoms with Crippen LogP contribution in [0.1, 0.15) is 12.2 Å². The van der Waals surface area contributed by atoms with Crippen LogP contribution >= 0.6 is 0 Å². The molecule has 7 heteroatoms. The Balaban J connectivity index is 1.38. The lowest BCUT2D eigenvalue weighted by molar-refractivity contribution is 0.106. The van der Waals surface area contributed by atoms with Crippen molar-refractivity contribution < 1.29 is 9.15 Å². The van der Waals surface area contributed by atoms with Crippen LogP contribution in [0, 0.1) is 0 Å². The van der Waals surface area contributed by atoms with E-state index in [4.69, 9.17) is 9.15 Å². The van der Waals surface area contributed by atoms with Gasteiger partial charge in [0.15, 0.2) is 0 Å². The molecule has 0 unspecified atom stereocenters. The van der Waals surface area contributed by atoms with E-state index >= 15 is 0 Å². The van der Waals surface area contributed by atoms with Crippen LogP contribution in [-0.2, 0) is 11.3 Å². The summed E-state index contributed by atoms with van der Waals surface area (Å²) in [5.74, 6) is 2.27. The molecule has 0 aliphatic rings. The maximum Gasteiger partial charge on any atom is 0.254 e. The Kier molecular flexibility index (Phi) is 4.88. The summed E-state index contributed by atoms with van der Waals surface area (Å²) in [5, 5.41) is 7.63. The molecule has 0 bridgehead atoms. The van der Waals surface area contributed by atoms with E-state index in [1.165, 1.54) is 6.33 Å². The van der Waals surface area contributed by atoms with Gasteiger partial charge in [0.25, 0.3) is 5.78 Å². The first kappa shape index (κ1) is 16.3. The molecule has 0 atom stereocenters. The summed E-state index contributed by atoms with van der Waals surface area (Å²) < 4.78 is 12.5. The molecule has 0 spiro atoms. The van der Waals surface area contributed by atoms with Gasteiger partial charge in [-0.3, -0.25) is 0 Å². The lowest BCUT2D eigenvalue weighted by Crippen LogP contribution is -2.10. The molecule has 4 aromatic rings. The fourth-order valence-electron chi connectivity index (χ4n) is 2.65. The summed E-state index contributed by atoms with van der Waals surface area (Å²) in [7, 11) is 0. The number of furan rings is 1. The number of fused-ring (bicyclic) bond motifs is 1. The average Bonchev–Trinajstić information content (AvgIpc) is 3.36. The summed E-state index contributed by atoms with van der Waals surface area (Å²) in [4.78, 5) is 8.78. The van der Waals surface area contributed by atoms with Crippen molar-refractivity contribution >= 4 is 11.6 Å². The van der Waals surface area contributed by atoms with Crippen molar-refractivity contribution in [2.45, 2.75) is 13.0 Å². The summed E-state index contributed by atoms with van der Waals surface area (Å²) in [6.07, 6.45) is 4.02. The minimum atomic E-state index is 0.494. The van der Waals surface area contributed by atoms with Gasteiger partial charge in [-0.05, 0) is 18.6 Å². The molecule has 7 nitrogen and oxygen atoms in total. The second-order valence-corrected chi connectivity index (χ2v) is 5.78. The highest BCUT2D eigenvalue weighted by atomic mass is 16.5. The standard InChI is InChI=1S/C19H19N5O2/c1-2-6-15(7-3-1)17-12-18(24-19(23-17)21-14-22-24)20-9-5-10-25-13-16-8-4-11-26-16/h1-4,6-8,11-12,14,20H,5,9-10,13H2. The van der Waals surface area contributed by atoms with Gasteiger partial charge in [-0.25, -0.2) is 4.98 Å². The highest BCUT2D eigenvalue weighted by Crippen LogP contribution is 2.21. The molecular formula is C19H19N5O2. The first-order chi connectivity index (χ1) is 12.9. The minimum Gasteiger partial charge on any atom is -0.467 e. The van der Waals surface area contributed by atoms with Crippen molar-refractivity contribution in [2.75, 3.05) is 18.5 Å². The van der Waals surface area contributed by atoms with E-state index in [0.717, 1.165) is 35.8 Å². The van der Waals surface area contributed by atoms with Gasteiger partial charge < -0.3 is 14.5 Å². The molecule has 1 N–H and O–H groups in total. The Hall–Kier alpha value is -3.19. The fraction of sp³-hybridized carbons (Fsp3) is 0.211.